The molecule has 1 N–H and O–H groups in total. The van der Waals surface area contributed by atoms with E-state index in [1.54, 1.807) is 14.2 Å². The van der Waals surface area contributed by atoms with Crippen LogP contribution in [0.25, 0.3) is 10.8 Å². The van der Waals surface area contributed by atoms with E-state index >= 15 is 0 Å². The topological polar surface area (TPSA) is 46.1 Å². The van der Waals surface area contributed by atoms with Crippen molar-refractivity contribution in [1.82, 2.24) is 10.2 Å². The molecule has 0 radical (unpaired) electrons. The first kappa shape index (κ1) is 21.2. The van der Waals surface area contributed by atoms with Gasteiger partial charge in [0, 0.05) is 19.6 Å². The normalized spacial score (nSPS) is 13.0. The third-order valence-corrected chi connectivity index (χ3v) is 5.00. The maximum absolute atomic E-state index is 5.43. The first-order chi connectivity index (χ1) is 13.8. The number of nitrogens with one attached hydrogen (secondary N) is 1. The standard InChI is InChI=1S/C23H25N3O2.HI/c1-27-21-13-19-9-8-18(12-20(19)14-22(21)28-2)15-25-23-24-10-11-26(23)16-17-6-4-3-5-7-17;/h3-9,12-14H,10-11,15-16H2,1-2H3,(H,24,25);1H. The van der Waals surface area contributed by atoms with E-state index in [2.05, 4.69) is 57.7 Å². The van der Waals surface area contributed by atoms with Gasteiger partial charge in [-0.2, -0.15) is 0 Å². The molecule has 0 saturated carbocycles. The van der Waals surface area contributed by atoms with Gasteiger partial charge in [-0.1, -0.05) is 42.5 Å². The lowest BCUT2D eigenvalue weighted by atomic mass is 10.1. The van der Waals surface area contributed by atoms with Gasteiger partial charge in [-0.25, -0.2) is 0 Å². The number of fused-ring (bicyclic) bond motifs is 1. The van der Waals surface area contributed by atoms with Gasteiger partial charge >= 0.3 is 0 Å². The molecule has 0 amide bonds. The minimum atomic E-state index is 0. The Labute approximate surface area is 188 Å². The number of nitrogens with zero attached hydrogens (tertiary/aromatic N) is 2. The zero-order valence-corrected chi connectivity index (χ0v) is 19.1. The molecule has 0 spiro atoms. The molecule has 3 aromatic carbocycles. The van der Waals surface area contributed by atoms with Crippen molar-refractivity contribution in [3.8, 4) is 11.5 Å². The average molecular weight is 503 g/mol. The summed E-state index contributed by atoms with van der Waals surface area (Å²) < 4.78 is 10.8. The summed E-state index contributed by atoms with van der Waals surface area (Å²) in [5.74, 6) is 2.46. The lowest BCUT2D eigenvalue weighted by Crippen LogP contribution is -2.37. The van der Waals surface area contributed by atoms with E-state index in [0.29, 0.717) is 0 Å². The molecule has 3 aromatic rings. The molecule has 29 heavy (non-hydrogen) atoms. The minimum Gasteiger partial charge on any atom is -0.493 e. The number of benzene rings is 3. The smallest absolute Gasteiger partial charge is 0.194 e. The van der Waals surface area contributed by atoms with Crippen molar-refractivity contribution in [3.63, 3.8) is 0 Å². The van der Waals surface area contributed by atoms with Crippen LogP contribution in [0.1, 0.15) is 11.1 Å². The second-order valence-electron chi connectivity index (χ2n) is 6.85. The van der Waals surface area contributed by atoms with Crippen molar-refractivity contribution < 1.29 is 9.47 Å². The molecule has 1 aliphatic heterocycles. The molecular formula is C23H26IN3O2. The van der Waals surface area contributed by atoms with Gasteiger partial charge in [0.15, 0.2) is 17.5 Å². The van der Waals surface area contributed by atoms with Crippen LogP contribution in [0.3, 0.4) is 0 Å². The second kappa shape index (κ2) is 9.82. The molecule has 0 aliphatic carbocycles. The van der Waals surface area contributed by atoms with Crippen molar-refractivity contribution in [2.75, 3.05) is 27.3 Å². The van der Waals surface area contributed by atoms with Gasteiger partial charge < -0.3 is 19.7 Å². The van der Waals surface area contributed by atoms with Gasteiger partial charge in [-0.3, -0.25) is 4.99 Å². The van der Waals surface area contributed by atoms with Gasteiger partial charge in [0.2, 0.25) is 0 Å². The van der Waals surface area contributed by atoms with E-state index in [0.717, 1.165) is 54.4 Å². The predicted molar refractivity (Wildman–Crippen MR) is 128 cm³/mol. The molecule has 0 saturated heterocycles. The Morgan fingerprint density at radius 3 is 2.34 bits per heavy atom. The summed E-state index contributed by atoms with van der Waals surface area (Å²) in [6.07, 6.45) is 0. The van der Waals surface area contributed by atoms with Crippen LogP contribution in [-0.2, 0) is 13.1 Å². The van der Waals surface area contributed by atoms with Gasteiger partial charge in [0.05, 0.1) is 20.8 Å². The Kier molecular flexibility index (Phi) is 7.19. The number of halogens is 1. The maximum Gasteiger partial charge on any atom is 0.194 e. The molecule has 4 rings (SSSR count). The SMILES string of the molecule is COc1cc2ccc(CNC3=NCCN3Cc3ccccc3)cc2cc1OC.I. The highest BCUT2D eigenvalue weighted by Crippen LogP contribution is 2.32. The molecule has 0 bridgehead atoms. The summed E-state index contributed by atoms with van der Waals surface area (Å²) in [5.41, 5.74) is 2.50. The van der Waals surface area contributed by atoms with Crippen LogP contribution < -0.4 is 14.8 Å². The fraction of sp³-hybridized carbons (Fsp3) is 0.261. The van der Waals surface area contributed by atoms with Crippen molar-refractivity contribution in [2.45, 2.75) is 13.1 Å². The Morgan fingerprint density at radius 1 is 0.897 bits per heavy atom. The number of hydrogen-bond acceptors (Lipinski definition) is 5. The Bertz CT molecular complexity index is 992. The molecule has 152 valence electrons. The Balaban J connectivity index is 0.00000240. The quantitative estimate of drug-likeness (QED) is 0.506. The fourth-order valence-electron chi connectivity index (χ4n) is 3.52. The first-order valence-corrected chi connectivity index (χ1v) is 9.48. The molecule has 0 fully saturated rings. The van der Waals surface area contributed by atoms with E-state index in [1.807, 2.05) is 18.2 Å². The average Bonchev–Trinajstić information content (AvgIpc) is 3.18. The summed E-state index contributed by atoms with van der Waals surface area (Å²) in [4.78, 5) is 6.93. The summed E-state index contributed by atoms with van der Waals surface area (Å²) in [6, 6.07) is 21.0. The van der Waals surface area contributed by atoms with Crippen LogP contribution in [0.5, 0.6) is 11.5 Å². The zero-order valence-electron chi connectivity index (χ0n) is 16.7. The van der Waals surface area contributed by atoms with Crippen LogP contribution in [-0.4, -0.2) is 38.2 Å². The lowest BCUT2D eigenvalue weighted by molar-refractivity contribution is 0.356. The third kappa shape index (κ3) is 4.93. The Morgan fingerprint density at radius 2 is 1.62 bits per heavy atom. The zero-order chi connectivity index (χ0) is 19.3. The highest BCUT2D eigenvalue weighted by molar-refractivity contribution is 14.0. The summed E-state index contributed by atoms with van der Waals surface area (Å²) in [5, 5.41) is 5.76. The highest BCUT2D eigenvalue weighted by atomic mass is 127. The van der Waals surface area contributed by atoms with Gasteiger partial charge in [-0.15, -0.1) is 24.0 Å². The molecule has 0 atom stereocenters. The number of ether oxygens (including phenoxy) is 2. The maximum atomic E-state index is 5.43. The summed E-state index contributed by atoms with van der Waals surface area (Å²) in [7, 11) is 3.32. The van der Waals surface area contributed by atoms with Gasteiger partial charge in [0.1, 0.15) is 0 Å². The van der Waals surface area contributed by atoms with Gasteiger partial charge in [0.25, 0.3) is 0 Å². The molecule has 1 aliphatic rings. The second-order valence-corrected chi connectivity index (χ2v) is 6.85. The number of hydrogen-bond donors (Lipinski definition) is 1. The highest BCUT2D eigenvalue weighted by Gasteiger charge is 2.16. The van der Waals surface area contributed by atoms with Crippen LogP contribution >= 0.6 is 24.0 Å². The van der Waals surface area contributed by atoms with Crippen molar-refractivity contribution in [3.05, 3.63) is 71.8 Å². The Hall–Kier alpha value is -2.48. The van der Waals surface area contributed by atoms with E-state index in [9.17, 15) is 0 Å². The molecule has 0 aromatic heterocycles. The third-order valence-electron chi connectivity index (χ3n) is 5.00. The molecule has 1 heterocycles. The van der Waals surface area contributed by atoms with Crippen LogP contribution in [0.4, 0.5) is 0 Å². The number of methoxy groups -OCH3 is 2. The van der Waals surface area contributed by atoms with Crippen LogP contribution in [0.2, 0.25) is 0 Å². The van der Waals surface area contributed by atoms with Crippen molar-refractivity contribution >= 4 is 40.7 Å². The fourth-order valence-corrected chi connectivity index (χ4v) is 3.52. The van der Waals surface area contributed by atoms with Gasteiger partial charge in [-0.05, 0) is 40.1 Å². The summed E-state index contributed by atoms with van der Waals surface area (Å²) in [6.45, 7) is 3.39. The van der Waals surface area contributed by atoms with Crippen molar-refractivity contribution in [1.29, 1.82) is 0 Å². The van der Waals surface area contributed by atoms with E-state index < -0.39 is 0 Å². The minimum absolute atomic E-state index is 0. The monoisotopic (exact) mass is 503 g/mol. The lowest BCUT2D eigenvalue weighted by Gasteiger charge is -2.21. The molecular weight excluding hydrogens is 477 g/mol. The molecule has 6 heteroatoms. The van der Waals surface area contributed by atoms with E-state index in [-0.39, 0.29) is 24.0 Å². The number of aliphatic imine (C=N–C) groups is 1. The largest absolute Gasteiger partial charge is 0.493 e. The molecule has 0 unspecified atom stereocenters. The van der Waals surface area contributed by atoms with E-state index in [4.69, 9.17) is 9.47 Å². The van der Waals surface area contributed by atoms with Crippen LogP contribution in [0, 0.1) is 0 Å². The summed E-state index contributed by atoms with van der Waals surface area (Å²) >= 11 is 0. The first-order valence-electron chi connectivity index (χ1n) is 9.48. The van der Waals surface area contributed by atoms with Crippen molar-refractivity contribution in [2.24, 2.45) is 4.99 Å². The molecule has 5 nitrogen and oxygen atoms in total. The van der Waals surface area contributed by atoms with E-state index in [1.165, 1.54) is 11.1 Å². The predicted octanol–water partition coefficient (Wildman–Crippen LogP) is 4.44. The number of rotatable bonds is 6. The number of guanidine groups is 1. The van der Waals surface area contributed by atoms with Crippen LogP contribution in [0.15, 0.2) is 65.7 Å².